The number of nitrogens with one attached hydrogen (secondary N) is 1. The second kappa shape index (κ2) is 9.11. The minimum Gasteiger partial charge on any atom is -0.497 e. The lowest BCUT2D eigenvalue weighted by Gasteiger charge is -2.07. The van der Waals surface area contributed by atoms with Gasteiger partial charge in [0.25, 0.3) is 0 Å². The van der Waals surface area contributed by atoms with Gasteiger partial charge in [0.1, 0.15) is 18.1 Å². The van der Waals surface area contributed by atoms with E-state index in [1.165, 1.54) is 17.0 Å². The summed E-state index contributed by atoms with van der Waals surface area (Å²) in [5, 5.41) is 10.0. The standard InChI is InChI=1S/C8H12NO5P.C4H5N3O2/c1-13-8-4-2-3-7(5-8)6-9-14-15(10,11)12;1-6-3-2-5-4(6)7(8)9/h2-5,9H,6H2,1H3,(H2,10,11,12);2-3H,1H3. The Bertz CT molecular complexity index is 715. The van der Waals surface area contributed by atoms with E-state index in [0.29, 0.717) is 5.75 Å². The number of aryl methyl sites for hydroxylation is 1. The predicted molar refractivity (Wildman–Crippen MR) is 82.8 cm³/mol. The topological polar surface area (TPSA) is 149 Å². The van der Waals surface area contributed by atoms with Crippen LogP contribution in [-0.2, 0) is 22.8 Å². The number of methoxy groups -OCH3 is 1. The van der Waals surface area contributed by atoms with Gasteiger partial charge in [-0.2, -0.15) is 10.1 Å². The number of aromatic nitrogens is 2. The maximum atomic E-state index is 10.3. The zero-order valence-corrected chi connectivity index (χ0v) is 13.8. The van der Waals surface area contributed by atoms with Crippen molar-refractivity contribution in [3.8, 4) is 5.75 Å². The van der Waals surface area contributed by atoms with Crippen LogP contribution in [-0.4, -0.2) is 31.4 Å². The first-order chi connectivity index (χ1) is 11.2. The Balaban J connectivity index is 0.000000272. The van der Waals surface area contributed by atoms with E-state index in [4.69, 9.17) is 14.5 Å². The van der Waals surface area contributed by atoms with Crippen molar-refractivity contribution in [3.05, 3.63) is 52.3 Å². The highest BCUT2D eigenvalue weighted by Crippen LogP contribution is 2.33. The molecule has 11 nitrogen and oxygen atoms in total. The van der Waals surface area contributed by atoms with Gasteiger partial charge in [0.05, 0.1) is 14.2 Å². The minimum absolute atomic E-state index is 0.130. The molecule has 0 bridgehead atoms. The molecule has 0 aliphatic rings. The van der Waals surface area contributed by atoms with Gasteiger partial charge in [0.15, 0.2) is 0 Å². The van der Waals surface area contributed by atoms with Gasteiger partial charge >= 0.3 is 13.8 Å². The molecule has 1 aromatic heterocycles. The number of nitro groups is 1. The van der Waals surface area contributed by atoms with Crippen molar-refractivity contribution in [2.75, 3.05) is 7.11 Å². The van der Waals surface area contributed by atoms with Crippen LogP contribution in [0.3, 0.4) is 0 Å². The molecule has 0 atom stereocenters. The Kier molecular flexibility index (Phi) is 7.49. The van der Waals surface area contributed by atoms with Crippen LogP contribution in [0.4, 0.5) is 5.95 Å². The zero-order valence-electron chi connectivity index (χ0n) is 12.9. The van der Waals surface area contributed by atoms with Gasteiger partial charge in [-0.3, -0.25) is 0 Å². The van der Waals surface area contributed by atoms with E-state index in [9.17, 15) is 14.7 Å². The predicted octanol–water partition coefficient (Wildman–Crippen LogP) is 1.14. The molecule has 2 aromatic rings. The Morgan fingerprint density at radius 3 is 2.62 bits per heavy atom. The normalized spacial score (nSPS) is 10.7. The first-order valence-electron chi connectivity index (χ1n) is 6.44. The van der Waals surface area contributed by atoms with Crippen LogP contribution in [0, 0.1) is 10.1 Å². The fraction of sp³-hybridized carbons (Fsp3) is 0.250. The van der Waals surface area contributed by atoms with Crippen molar-refractivity contribution in [1.29, 1.82) is 0 Å². The molecule has 0 spiro atoms. The summed E-state index contributed by atoms with van der Waals surface area (Å²) < 4.78 is 20.7. The summed E-state index contributed by atoms with van der Waals surface area (Å²) in [6.07, 6.45) is 2.91. The molecule has 132 valence electrons. The van der Waals surface area contributed by atoms with E-state index in [2.05, 4.69) is 15.1 Å². The zero-order chi connectivity index (χ0) is 18.2. The smallest absolute Gasteiger partial charge is 0.486 e. The number of hydrogen-bond donors (Lipinski definition) is 3. The van der Waals surface area contributed by atoms with Crippen LogP contribution in [0.15, 0.2) is 36.7 Å². The van der Waals surface area contributed by atoms with Crippen LogP contribution in [0.2, 0.25) is 0 Å². The average molecular weight is 360 g/mol. The largest absolute Gasteiger partial charge is 0.497 e. The first kappa shape index (κ1) is 19.7. The molecule has 2 rings (SSSR count). The third-order valence-corrected chi connectivity index (χ3v) is 2.92. The summed E-state index contributed by atoms with van der Waals surface area (Å²) in [5.74, 6) is 0.542. The second-order valence-corrected chi connectivity index (χ2v) is 5.51. The van der Waals surface area contributed by atoms with Crippen LogP contribution < -0.4 is 10.2 Å². The number of ether oxygens (including phenoxy) is 1. The summed E-state index contributed by atoms with van der Waals surface area (Å²) in [4.78, 5) is 29.8. The number of benzene rings is 1. The van der Waals surface area contributed by atoms with E-state index in [-0.39, 0.29) is 12.5 Å². The highest BCUT2D eigenvalue weighted by Gasteiger charge is 2.13. The third-order valence-electron chi connectivity index (χ3n) is 2.55. The van der Waals surface area contributed by atoms with Crippen LogP contribution in [0.1, 0.15) is 5.56 Å². The van der Waals surface area contributed by atoms with Gasteiger partial charge in [0, 0.05) is 6.54 Å². The fourth-order valence-electron chi connectivity index (χ4n) is 1.52. The molecular weight excluding hydrogens is 343 g/mol. The van der Waals surface area contributed by atoms with E-state index >= 15 is 0 Å². The van der Waals surface area contributed by atoms with Crippen LogP contribution in [0.5, 0.6) is 5.75 Å². The molecule has 0 unspecified atom stereocenters. The number of nitrogens with zero attached hydrogens (tertiary/aromatic N) is 3. The van der Waals surface area contributed by atoms with Crippen molar-refractivity contribution < 1.29 is 28.6 Å². The van der Waals surface area contributed by atoms with Gasteiger partial charge in [0.2, 0.25) is 0 Å². The molecule has 0 aliphatic carbocycles. The first-order valence-corrected chi connectivity index (χ1v) is 7.97. The van der Waals surface area contributed by atoms with Crippen molar-refractivity contribution in [1.82, 2.24) is 15.0 Å². The molecule has 0 saturated carbocycles. The SMILES string of the molecule is COc1cccc(CNOP(=O)(O)O)c1.Cn1ccnc1[N+](=O)[O-]. The highest BCUT2D eigenvalue weighted by atomic mass is 31.2. The molecular formula is C12H17N4O7P. The molecule has 3 N–H and O–H groups in total. The molecule has 0 radical (unpaired) electrons. The number of rotatable bonds is 6. The van der Waals surface area contributed by atoms with Crippen molar-refractivity contribution in [3.63, 3.8) is 0 Å². The number of hydroxylamine groups is 1. The lowest BCUT2D eigenvalue weighted by molar-refractivity contribution is -0.396. The average Bonchev–Trinajstić information content (AvgIpc) is 2.93. The van der Waals surface area contributed by atoms with Crippen molar-refractivity contribution in [2.45, 2.75) is 6.54 Å². The van der Waals surface area contributed by atoms with Crippen LogP contribution in [0.25, 0.3) is 0 Å². The van der Waals surface area contributed by atoms with Gasteiger partial charge in [-0.1, -0.05) is 17.1 Å². The summed E-state index contributed by atoms with van der Waals surface area (Å²) in [6, 6.07) is 7.05. The van der Waals surface area contributed by atoms with E-state index < -0.39 is 12.7 Å². The molecule has 1 heterocycles. The quantitative estimate of drug-likeness (QED) is 0.391. The number of hydrogen-bond acceptors (Lipinski definition) is 7. The second-order valence-electron chi connectivity index (χ2n) is 4.35. The van der Waals surface area contributed by atoms with Gasteiger partial charge in [-0.25, -0.2) is 9.13 Å². The fourth-order valence-corrected chi connectivity index (χ4v) is 1.75. The Morgan fingerprint density at radius 1 is 1.46 bits per heavy atom. The van der Waals surface area contributed by atoms with E-state index in [0.717, 1.165) is 5.56 Å². The summed E-state index contributed by atoms with van der Waals surface area (Å²) in [7, 11) is -1.35. The van der Waals surface area contributed by atoms with E-state index in [1.807, 2.05) is 0 Å². The minimum atomic E-state index is -4.46. The summed E-state index contributed by atoms with van der Waals surface area (Å²) in [5.41, 5.74) is 2.97. The molecule has 0 fully saturated rings. The molecule has 1 aromatic carbocycles. The lowest BCUT2D eigenvalue weighted by Crippen LogP contribution is -2.12. The van der Waals surface area contributed by atoms with Gasteiger partial charge in [-0.15, -0.1) is 0 Å². The maximum absolute atomic E-state index is 10.3. The van der Waals surface area contributed by atoms with Crippen molar-refractivity contribution in [2.24, 2.45) is 7.05 Å². The molecule has 24 heavy (non-hydrogen) atoms. The van der Waals surface area contributed by atoms with Crippen molar-refractivity contribution >= 4 is 13.8 Å². The lowest BCUT2D eigenvalue weighted by atomic mass is 10.2. The monoisotopic (exact) mass is 360 g/mol. The van der Waals surface area contributed by atoms with Gasteiger partial charge < -0.3 is 24.6 Å². The Hall–Kier alpha value is -2.30. The third kappa shape index (κ3) is 7.31. The molecule has 12 heteroatoms. The maximum Gasteiger partial charge on any atom is 0.486 e. The summed E-state index contributed by atoms with van der Waals surface area (Å²) >= 11 is 0. The highest BCUT2D eigenvalue weighted by molar-refractivity contribution is 7.46. The number of phosphoric acid groups is 1. The Morgan fingerprint density at radius 2 is 2.17 bits per heavy atom. The van der Waals surface area contributed by atoms with Crippen LogP contribution >= 0.6 is 7.82 Å². The molecule has 0 saturated heterocycles. The molecule has 0 aliphatic heterocycles. The van der Waals surface area contributed by atoms with Gasteiger partial charge in [-0.05, 0) is 22.6 Å². The Labute approximate surface area is 137 Å². The number of imidazole rings is 1. The molecule has 0 amide bonds. The summed E-state index contributed by atoms with van der Waals surface area (Å²) in [6.45, 7) is 0.183. The van der Waals surface area contributed by atoms with E-state index in [1.54, 1.807) is 38.4 Å².